The van der Waals surface area contributed by atoms with Crippen LogP contribution in [0.25, 0.3) is 20.4 Å². The number of hydrogen-bond donors (Lipinski definition) is 6. The zero-order chi connectivity index (χ0) is 76.1. The van der Waals surface area contributed by atoms with Gasteiger partial charge in [-0.25, -0.2) is 26.8 Å². The smallest absolute Gasteiger partial charge is 0.416 e. The van der Waals surface area contributed by atoms with Gasteiger partial charge in [-0.15, -0.1) is 0 Å². The Balaban J connectivity index is 0.789. The molecule has 107 heavy (non-hydrogen) atoms. The first kappa shape index (κ1) is 76.2. The predicted octanol–water partition coefficient (Wildman–Crippen LogP) is 12.4. The molecule has 6 heterocycles. The van der Waals surface area contributed by atoms with E-state index in [2.05, 4.69) is 35.7 Å². The number of anilines is 2. The molecule has 0 spiro atoms. The topological polar surface area (TPSA) is 294 Å². The second-order valence-corrected chi connectivity index (χ2v) is 38.0. The van der Waals surface area contributed by atoms with E-state index in [0.29, 0.717) is 95.5 Å². The summed E-state index contributed by atoms with van der Waals surface area (Å²) in [6, 6.07) is 15.4. The van der Waals surface area contributed by atoms with Crippen LogP contribution < -0.4 is 40.2 Å². The van der Waals surface area contributed by atoms with Gasteiger partial charge in [0.1, 0.15) is 47.5 Å². The monoisotopic (exact) mass is 1580 g/mol. The van der Waals surface area contributed by atoms with Gasteiger partial charge in [0, 0.05) is 29.2 Å². The highest BCUT2D eigenvalue weighted by molar-refractivity contribution is 7.92. The van der Waals surface area contributed by atoms with Gasteiger partial charge < -0.3 is 40.5 Å². The number of fused-ring (bicyclic) bond motifs is 6. The number of aromatic nitrogens is 2. The van der Waals surface area contributed by atoms with Crippen LogP contribution in [0, 0.1) is 23.7 Å². The second kappa shape index (κ2) is 28.7. The molecule has 4 aromatic carbocycles. The van der Waals surface area contributed by atoms with Gasteiger partial charge in [0.15, 0.2) is 0 Å². The normalized spacial score (nSPS) is 30.0. The molecule has 14 rings (SSSR count). The third kappa shape index (κ3) is 15.6. The second-order valence-electron chi connectivity index (χ2n) is 31.2. The number of carbonyl (C=O) groups is 6. The van der Waals surface area contributed by atoms with Gasteiger partial charge in [-0.1, -0.05) is 130 Å². The maximum Gasteiger partial charge on any atom is 0.416 e. The van der Waals surface area contributed by atoms with Crippen molar-refractivity contribution in [3.05, 3.63) is 107 Å². The number of ether oxygens (including phenoxy) is 2. The number of amides is 6. The zero-order valence-corrected chi connectivity index (χ0v) is 63.3. The first-order valence-corrected chi connectivity index (χ1v) is 41.6. The van der Waals surface area contributed by atoms with E-state index >= 15 is 24.0 Å². The summed E-state index contributed by atoms with van der Waals surface area (Å²) in [5.41, 5.74) is -5.12. The largest absolute Gasteiger partial charge is 0.465 e. The number of para-hydroxylation sites is 2. The van der Waals surface area contributed by atoms with Crippen LogP contribution in [-0.2, 0) is 61.2 Å². The Morgan fingerprint density at radius 1 is 0.589 bits per heavy atom. The van der Waals surface area contributed by atoms with E-state index in [1.54, 1.807) is 49.4 Å². The van der Waals surface area contributed by atoms with E-state index in [1.165, 1.54) is 34.5 Å². The van der Waals surface area contributed by atoms with Gasteiger partial charge in [0.25, 0.3) is 22.2 Å². The van der Waals surface area contributed by atoms with Gasteiger partial charge in [-0.3, -0.25) is 38.2 Å². The van der Waals surface area contributed by atoms with E-state index in [9.17, 15) is 48.0 Å². The Labute approximate surface area is 628 Å². The average Bonchev–Trinajstić information content (AvgIpc) is 1.56. The van der Waals surface area contributed by atoms with Crippen molar-refractivity contribution >= 4 is 122 Å². The third-order valence-corrected chi connectivity index (χ3v) is 30.0. The summed E-state index contributed by atoms with van der Waals surface area (Å²) in [6.07, 6.45) is -5.98. The van der Waals surface area contributed by atoms with Crippen LogP contribution >= 0.6 is 34.3 Å². The van der Waals surface area contributed by atoms with Gasteiger partial charge in [-0.2, -0.15) is 26.3 Å². The number of thiazole rings is 2. The summed E-state index contributed by atoms with van der Waals surface area (Å²) in [6.45, 7) is 6.53. The maximum atomic E-state index is 15.5. The molecule has 8 aliphatic rings. The van der Waals surface area contributed by atoms with Crippen LogP contribution in [0.5, 0.6) is 10.4 Å². The molecule has 33 heteroatoms. The van der Waals surface area contributed by atoms with E-state index in [4.69, 9.17) is 26.1 Å². The minimum Gasteiger partial charge on any atom is -0.465 e. The number of nitrogens with one attached hydrogen (secondary N) is 6. The molecule has 6 aromatic rings. The van der Waals surface area contributed by atoms with Crippen LogP contribution in [0.2, 0.25) is 5.02 Å². The first-order chi connectivity index (χ1) is 50.6. The molecule has 0 radical (unpaired) electrons. The SMILES string of the molecule is CC1CCCCCC[C@H](Nc2cccc(Cl)c2)C(=O)N2C[C@H](Oc3nc4c(C5CCCCC[C@H](Nc6cc(C(F)(F)F)cc(C(F)(F)F)c6)C(=O)N6C[C@H](Oc7nc8ccccc8s7)C[C@H]6C(=O)N[C@]6(C(=O)NS(=O)(=O)C7(C)CC7)C[C@H]6C5C)cccc4s3)C[C@H]2C(=O)N[C@]2(C(=O)NS(=O)(=O)C3(C)CC3)C[C@@H]12. The summed E-state index contributed by atoms with van der Waals surface area (Å²) in [7, 11) is -8.48. The fourth-order valence-electron chi connectivity index (χ4n) is 16.4. The van der Waals surface area contributed by atoms with Crippen LogP contribution in [0.3, 0.4) is 0 Å². The molecule has 6 amide bonds. The molecule has 4 saturated carbocycles. The highest BCUT2D eigenvalue weighted by atomic mass is 35.5. The molecule has 4 aliphatic heterocycles. The van der Waals surface area contributed by atoms with E-state index in [-0.39, 0.29) is 86.8 Å². The lowest BCUT2D eigenvalue weighted by atomic mass is 9.79. The zero-order valence-electron chi connectivity index (χ0n) is 59.2. The highest BCUT2D eigenvalue weighted by Gasteiger charge is 2.68. The number of benzene rings is 4. The molecule has 4 saturated heterocycles. The number of carbonyl (C=O) groups excluding carboxylic acids is 6. The third-order valence-electron chi connectivity index (χ3n) is 23.6. The number of halogens is 7. The summed E-state index contributed by atoms with van der Waals surface area (Å²) < 4.78 is 159. The van der Waals surface area contributed by atoms with Crippen molar-refractivity contribution in [1.29, 1.82) is 0 Å². The average molecular weight is 1580 g/mol. The molecule has 576 valence electrons. The summed E-state index contributed by atoms with van der Waals surface area (Å²) in [5.74, 6) is -7.06. The highest BCUT2D eigenvalue weighted by Crippen LogP contribution is 2.57. The van der Waals surface area contributed by atoms with Crippen LogP contribution in [0.15, 0.2) is 84.9 Å². The van der Waals surface area contributed by atoms with Crippen LogP contribution in [-0.4, -0.2) is 142 Å². The number of rotatable bonds is 15. The number of alkyl halides is 6. The first-order valence-electron chi connectivity index (χ1n) is 36.6. The number of sulfonamides is 2. The Morgan fingerprint density at radius 3 is 1.63 bits per heavy atom. The quantitative estimate of drug-likeness (QED) is 0.0521. The Hall–Kier alpha value is -7.55. The van der Waals surface area contributed by atoms with Crippen molar-refractivity contribution in [2.45, 2.75) is 225 Å². The van der Waals surface area contributed by atoms with Crippen LogP contribution in [0.1, 0.15) is 172 Å². The fourth-order valence-corrected chi connectivity index (χ4v) is 21.0. The lowest BCUT2D eigenvalue weighted by Crippen LogP contribution is -2.58. The van der Waals surface area contributed by atoms with Gasteiger partial charge in [0.2, 0.25) is 43.7 Å². The van der Waals surface area contributed by atoms with Gasteiger partial charge in [-0.05, 0) is 161 Å². The molecule has 8 fully saturated rings. The molecule has 13 atom stereocenters. The lowest BCUT2D eigenvalue weighted by molar-refractivity contribution is -0.143. The van der Waals surface area contributed by atoms with Gasteiger partial charge >= 0.3 is 12.4 Å². The standard InChI is InChI=1S/C74H85ClF6N10O12S4/c1-40-16-8-5-6-10-22-54(82-45-18-14-17-44(75)33-45)63(94)90-39-48(35-56(90)61(92)86-71(36-51(40)71)65(96)88-106(98,99)69(3)26-27-69)103-68-85-60-50(20-15-25-59(60)105-68)49-19-9-7-11-23-55(83-46-31-42(73(76,77)78)30-43(32-46)74(79,80)81)64(95)91-38-47(102-67-84-53-21-12-13-24-58(53)104-67)34-57(91)62(93)87-72(37-52(72)41(49)2)66(97)89-107(100,101)70(4)28-29-70/h12-15,17-18,20-21,24-25,30-33,40-41,47-49,51-52,54-57,82-83H,5-11,16,19,22-23,26-29,34-39H2,1-4H3,(H,86,92)(H,87,93)(H,88,96)(H,89,97)/t40?,41?,47-,48-,49?,51+,52+,54+,55+,56+,57+,71-,72-/m1/s1. The maximum absolute atomic E-state index is 15.5. The minimum absolute atomic E-state index is 0.0226. The van der Waals surface area contributed by atoms with Crippen molar-refractivity contribution in [3.8, 4) is 10.4 Å². The minimum atomic E-state index is -5.23. The van der Waals surface area contributed by atoms with E-state index in [1.807, 2.05) is 38.1 Å². The molecule has 6 N–H and O–H groups in total. The molecule has 3 unspecified atom stereocenters. The number of hydrogen-bond acceptors (Lipinski definition) is 18. The summed E-state index contributed by atoms with van der Waals surface area (Å²) in [4.78, 5) is 104. The number of nitrogens with zero attached hydrogens (tertiary/aromatic N) is 4. The van der Waals surface area contributed by atoms with Crippen LogP contribution in [0.4, 0.5) is 37.7 Å². The van der Waals surface area contributed by atoms with E-state index < -0.39 is 165 Å². The Kier molecular flexibility index (Phi) is 20.5. The Bertz CT molecular complexity index is 4670. The van der Waals surface area contributed by atoms with Crippen molar-refractivity contribution < 1.29 is 81.4 Å². The summed E-state index contributed by atoms with van der Waals surface area (Å²) in [5, 5.41) is 12.8. The molecule has 22 nitrogen and oxygen atoms in total. The van der Waals surface area contributed by atoms with Crippen molar-refractivity contribution in [3.63, 3.8) is 0 Å². The van der Waals surface area contributed by atoms with Gasteiger partial charge in [0.05, 0.1) is 54.1 Å². The van der Waals surface area contributed by atoms with Crippen molar-refractivity contribution in [2.75, 3.05) is 23.7 Å². The lowest BCUT2D eigenvalue weighted by Gasteiger charge is -2.31. The molecule has 2 aromatic heterocycles. The molecular weight excluding hydrogens is 1500 g/mol. The Morgan fingerprint density at radius 2 is 1.07 bits per heavy atom. The van der Waals surface area contributed by atoms with Crippen molar-refractivity contribution in [1.82, 2.24) is 39.8 Å². The summed E-state index contributed by atoms with van der Waals surface area (Å²) >= 11 is 8.83. The molecular formula is C74H85ClF6N10O12S4. The fraction of sp³-hybridized carbons (Fsp3) is 0.568. The van der Waals surface area contributed by atoms with Crippen molar-refractivity contribution in [2.24, 2.45) is 23.7 Å². The molecule has 4 aliphatic carbocycles. The van der Waals surface area contributed by atoms with E-state index in [0.717, 1.165) is 28.9 Å². The molecule has 0 bridgehead atoms. The predicted molar refractivity (Wildman–Crippen MR) is 390 cm³/mol.